The molecule has 7 nitrogen and oxygen atoms in total. The highest BCUT2D eigenvalue weighted by Gasteiger charge is 2.45. The molecular weight excluding hydrogens is 354 g/mol. The first-order valence-electron chi connectivity index (χ1n) is 8.78. The topological polar surface area (TPSA) is 95.6 Å². The van der Waals surface area contributed by atoms with Gasteiger partial charge < -0.3 is 5.32 Å². The molecule has 0 saturated carbocycles. The van der Waals surface area contributed by atoms with Crippen LogP contribution in [0.2, 0.25) is 0 Å². The first-order chi connectivity index (χ1) is 12.6. The fourth-order valence-corrected chi connectivity index (χ4v) is 4.98. The van der Waals surface area contributed by atoms with Crippen molar-refractivity contribution in [1.82, 2.24) is 15.5 Å². The van der Waals surface area contributed by atoms with Gasteiger partial charge in [0, 0.05) is 16.6 Å². The quantitative estimate of drug-likeness (QED) is 0.766. The molecule has 2 saturated heterocycles. The van der Waals surface area contributed by atoms with E-state index in [4.69, 9.17) is 0 Å². The number of imide groups is 2. The van der Waals surface area contributed by atoms with Crippen LogP contribution in [0, 0.1) is 0 Å². The van der Waals surface area contributed by atoms with Crippen LogP contribution in [0.15, 0.2) is 23.1 Å². The third-order valence-electron chi connectivity index (χ3n) is 5.01. The van der Waals surface area contributed by atoms with E-state index in [2.05, 4.69) is 10.6 Å². The highest BCUT2D eigenvalue weighted by molar-refractivity contribution is 8.00. The van der Waals surface area contributed by atoms with Crippen LogP contribution < -0.4 is 10.6 Å². The standard InChI is InChI=1S/C18H19N3O4S/c22-14-5-4-12(16(23)20-14)21-17(24)11-2-1-3-13(15(11)18(21)25)26-10-6-8-19-9-7-10/h1-3,10,12,19H,4-9H2,(H,20,22,23). The number of nitrogens with one attached hydrogen (secondary N) is 2. The minimum Gasteiger partial charge on any atom is -0.317 e. The second kappa shape index (κ2) is 6.85. The number of carbonyl (C=O) groups excluding carboxylic acids is 4. The van der Waals surface area contributed by atoms with E-state index in [1.54, 1.807) is 23.9 Å². The number of hydrogen-bond donors (Lipinski definition) is 2. The highest BCUT2D eigenvalue weighted by atomic mass is 32.2. The largest absolute Gasteiger partial charge is 0.317 e. The summed E-state index contributed by atoms with van der Waals surface area (Å²) in [5.41, 5.74) is 0.740. The van der Waals surface area contributed by atoms with Crippen LogP contribution in [-0.4, -0.2) is 52.9 Å². The van der Waals surface area contributed by atoms with Crippen LogP contribution in [-0.2, 0) is 9.59 Å². The van der Waals surface area contributed by atoms with Crippen molar-refractivity contribution in [2.45, 2.75) is 41.9 Å². The Balaban J connectivity index is 1.62. The summed E-state index contributed by atoms with van der Waals surface area (Å²) in [7, 11) is 0. The molecule has 1 aromatic rings. The zero-order valence-corrected chi connectivity index (χ0v) is 14.9. The summed E-state index contributed by atoms with van der Waals surface area (Å²) in [5, 5.41) is 5.93. The van der Waals surface area contributed by atoms with Gasteiger partial charge in [-0.15, -0.1) is 11.8 Å². The Morgan fingerprint density at radius 3 is 2.50 bits per heavy atom. The second-order valence-electron chi connectivity index (χ2n) is 6.69. The van der Waals surface area contributed by atoms with Crippen molar-refractivity contribution in [3.63, 3.8) is 0 Å². The zero-order chi connectivity index (χ0) is 18.3. The molecule has 0 bridgehead atoms. The molecule has 2 N–H and O–H groups in total. The zero-order valence-electron chi connectivity index (χ0n) is 14.1. The lowest BCUT2D eigenvalue weighted by Crippen LogP contribution is -2.54. The molecule has 1 atom stereocenters. The summed E-state index contributed by atoms with van der Waals surface area (Å²) in [6.45, 7) is 1.89. The average molecular weight is 373 g/mol. The second-order valence-corrected chi connectivity index (χ2v) is 8.04. The monoisotopic (exact) mass is 373 g/mol. The number of thioether (sulfide) groups is 1. The van der Waals surface area contributed by atoms with Gasteiger partial charge in [-0.3, -0.25) is 29.4 Å². The molecule has 4 rings (SSSR count). The van der Waals surface area contributed by atoms with Crippen LogP contribution in [0.5, 0.6) is 0 Å². The lowest BCUT2D eigenvalue weighted by molar-refractivity contribution is -0.136. The van der Waals surface area contributed by atoms with Gasteiger partial charge in [0.1, 0.15) is 6.04 Å². The number of benzene rings is 1. The summed E-state index contributed by atoms with van der Waals surface area (Å²) in [5.74, 6) is -1.84. The van der Waals surface area contributed by atoms with Gasteiger partial charge in [0.25, 0.3) is 11.8 Å². The van der Waals surface area contributed by atoms with Crippen molar-refractivity contribution < 1.29 is 19.2 Å². The maximum atomic E-state index is 13.0. The van der Waals surface area contributed by atoms with Crippen molar-refractivity contribution in [1.29, 1.82) is 0 Å². The maximum absolute atomic E-state index is 13.0. The predicted molar refractivity (Wildman–Crippen MR) is 94.9 cm³/mol. The van der Waals surface area contributed by atoms with Gasteiger partial charge in [-0.05, 0) is 44.5 Å². The molecule has 0 radical (unpaired) electrons. The number of nitrogens with zero attached hydrogens (tertiary/aromatic N) is 1. The molecule has 1 aromatic carbocycles. The average Bonchev–Trinajstić information content (AvgIpc) is 2.88. The number of piperidine rings is 2. The number of hydrogen-bond acceptors (Lipinski definition) is 6. The molecule has 3 aliphatic rings. The van der Waals surface area contributed by atoms with Gasteiger partial charge in [-0.25, -0.2) is 0 Å². The molecule has 1 unspecified atom stereocenters. The van der Waals surface area contributed by atoms with E-state index >= 15 is 0 Å². The Kier molecular flexibility index (Phi) is 4.54. The minimum atomic E-state index is -0.920. The van der Waals surface area contributed by atoms with Crippen molar-refractivity contribution in [2.24, 2.45) is 0 Å². The molecule has 2 fully saturated rings. The normalized spacial score (nSPS) is 24.0. The Labute approximate surface area is 154 Å². The smallest absolute Gasteiger partial charge is 0.263 e. The van der Waals surface area contributed by atoms with Crippen LogP contribution in [0.3, 0.4) is 0 Å². The van der Waals surface area contributed by atoms with Gasteiger partial charge in [-0.2, -0.15) is 0 Å². The van der Waals surface area contributed by atoms with E-state index in [9.17, 15) is 19.2 Å². The third kappa shape index (κ3) is 2.93. The highest BCUT2D eigenvalue weighted by Crippen LogP contribution is 2.37. The van der Waals surface area contributed by atoms with Crippen LogP contribution in [0.4, 0.5) is 0 Å². The number of amides is 4. The number of fused-ring (bicyclic) bond motifs is 1. The summed E-state index contributed by atoms with van der Waals surface area (Å²) < 4.78 is 0. The molecule has 0 aliphatic carbocycles. The summed E-state index contributed by atoms with van der Waals surface area (Å²) in [6.07, 6.45) is 2.31. The van der Waals surface area contributed by atoms with Crippen molar-refractivity contribution in [3.05, 3.63) is 29.3 Å². The van der Waals surface area contributed by atoms with Crippen LogP contribution in [0.1, 0.15) is 46.4 Å². The molecule has 0 aromatic heterocycles. The van der Waals surface area contributed by atoms with Gasteiger partial charge in [0.15, 0.2) is 0 Å². The maximum Gasteiger partial charge on any atom is 0.263 e. The Bertz CT molecular complexity index is 804. The minimum absolute atomic E-state index is 0.125. The third-order valence-corrected chi connectivity index (χ3v) is 6.41. The van der Waals surface area contributed by atoms with E-state index in [-0.39, 0.29) is 18.7 Å². The molecule has 8 heteroatoms. The van der Waals surface area contributed by atoms with E-state index in [1.165, 1.54) is 0 Å². The Hall–Kier alpha value is -2.19. The Morgan fingerprint density at radius 1 is 1.00 bits per heavy atom. The summed E-state index contributed by atoms with van der Waals surface area (Å²) in [4.78, 5) is 51.1. The summed E-state index contributed by atoms with van der Waals surface area (Å²) >= 11 is 1.63. The van der Waals surface area contributed by atoms with E-state index < -0.39 is 23.8 Å². The molecule has 0 spiro atoms. The van der Waals surface area contributed by atoms with E-state index in [1.807, 2.05) is 6.07 Å². The SMILES string of the molecule is O=C1CCC(N2C(=O)c3cccc(SC4CCNCC4)c3C2=O)C(=O)N1. The van der Waals surface area contributed by atoms with Crippen molar-refractivity contribution in [3.8, 4) is 0 Å². The Morgan fingerprint density at radius 2 is 1.77 bits per heavy atom. The van der Waals surface area contributed by atoms with Crippen molar-refractivity contribution >= 4 is 35.4 Å². The molecule has 26 heavy (non-hydrogen) atoms. The first-order valence-corrected chi connectivity index (χ1v) is 9.66. The lowest BCUT2D eigenvalue weighted by atomic mass is 10.0. The number of carbonyl (C=O) groups is 4. The van der Waals surface area contributed by atoms with Gasteiger partial charge in [0.2, 0.25) is 11.8 Å². The van der Waals surface area contributed by atoms with Crippen LogP contribution in [0.25, 0.3) is 0 Å². The van der Waals surface area contributed by atoms with Gasteiger partial charge in [0.05, 0.1) is 11.1 Å². The molecule has 4 amide bonds. The fourth-order valence-electron chi connectivity index (χ4n) is 3.68. The van der Waals surface area contributed by atoms with Gasteiger partial charge in [-0.1, -0.05) is 6.07 Å². The molecule has 3 aliphatic heterocycles. The molecule has 3 heterocycles. The van der Waals surface area contributed by atoms with Gasteiger partial charge >= 0.3 is 0 Å². The molecular formula is C18H19N3O4S. The molecule has 136 valence electrons. The van der Waals surface area contributed by atoms with Crippen molar-refractivity contribution in [2.75, 3.05) is 13.1 Å². The first kappa shape index (κ1) is 17.2. The number of rotatable bonds is 3. The fraction of sp³-hybridized carbons (Fsp3) is 0.444. The summed E-state index contributed by atoms with van der Waals surface area (Å²) in [6, 6.07) is 4.36. The van der Waals surface area contributed by atoms with E-state index in [0.717, 1.165) is 35.7 Å². The van der Waals surface area contributed by atoms with Crippen LogP contribution >= 0.6 is 11.8 Å². The van der Waals surface area contributed by atoms with E-state index in [0.29, 0.717) is 16.4 Å². The lowest BCUT2D eigenvalue weighted by Gasteiger charge is -2.28. The predicted octanol–water partition coefficient (Wildman–Crippen LogP) is 0.932.